The van der Waals surface area contributed by atoms with E-state index in [0.717, 1.165) is 0 Å². The van der Waals surface area contributed by atoms with Crippen LogP contribution in [0.25, 0.3) is 0 Å². The Balaban J connectivity index is 2.38. The number of carbonyl (C=O) groups excluding carboxylic acids is 1. The zero-order valence-electron chi connectivity index (χ0n) is 10.9. The van der Waals surface area contributed by atoms with Crippen LogP contribution in [0.5, 0.6) is 0 Å². The van der Waals surface area contributed by atoms with Gasteiger partial charge in [-0.05, 0) is 40.0 Å². The second-order valence-corrected chi connectivity index (χ2v) is 7.16. The lowest BCUT2D eigenvalue weighted by molar-refractivity contribution is -0.115. The fourth-order valence-electron chi connectivity index (χ4n) is 2.01. The smallest absolute Gasteiger partial charge is 0.241 e. The summed E-state index contributed by atoms with van der Waals surface area (Å²) in [5.41, 5.74) is 6.85. The average Bonchev–Trinajstić information content (AvgIpc) is 2.74. The Labute approximate surface area is 126 Å². The molecule has 0 radical (unpaired) electrons. The minimum atomic E-state index is -3.67. The minimum Gasteiger partial charge on any atom is -0.329 e. The van der Waals surface area contributed by atoms with Crippen LogP contribution in [-0.2, 0) is 21.2 Å². The number of halogens is 1. The SMILES string of the molecule is CCC(CN)NS(=O)(=O)c1cc2c(cc1Br)NC(=O)C2. The van der Waals surface area contributed by atoms with Crippen molar-refractivity contribution in [2.24, 2.45) is 5.73 Å². The molecular weight excluding hydrogens is 346 g/mol. The highest BCUT2D eigenvalue weighted by Gasteiger charge is 2.26. The van der Waals surface area contributed by atoms with Crippen molar-refractivity contribution < 1.29 is 13.2 Å². The number of nitrogens with two attached hydrogens (primary N) is 1. The van der Waals surface area contributed by atoms with Crippen molar-refractivity contribution in [1.82, 2.24) is 4.72 Å². The number of anilines is 1. The Bertz CT molecular complexity index is 642. The Morgan fingerprint density at radius 1 is 1.50 bits per heavy atom. The van der Waals surface area contributed by atoms with E-state index in [4.69, 9.17) is 5.73 Å². The first-order chi connectivity index (χ1) is 9.37. The Hall–Kier alpha value is -0.960. The number of benzene rings is 1. The Morgan fingerprint density at radius 3 is 2.80 bits per heavy atom. The zero-order valence-corrected chi connectivity index (χ0v) is 13.3. The van der Waals surface area contributed by atoms with E-state index >= 15 is 0 Å². The van der Waals surface area contributed by atoms with Crippen molar-refractivity contribution in [3.63, 3.8) is 0 Å². The van der Waals surface area contributed by atoms with Crippen LogP contribution >= 0.6 is 15.9 Å². The van der Waals surface area contributed by atoms with Gasteiger partial charge in [-0.1, -0.05) is 6.92 Å². The molecule has 1 amide bonds. The maximum atomic E-state index is 12.4. The van der Waals surface area contributed by atoms with Crippen molar-refractivity contribution in [3.8, 4) is 0 Å². The molecule has 0 aliphatic carbocycles. The van der Waals surface area contributed by atoms with Gasteiger partial charge in [-0.3, -0.25) is 4.79 Å². The number of nitrogens with one attached hydrogen (secondary N) is 2. The molecule has 1 aliphatic heterocycles. The fraction of sp³-hybridized carbons (Fsp3) is 0.417. The van der Waals surface area contributed by atoms with Gasteiger partial charge in [-0.15, -0.1) is 0 Å². The third kappa shape index (κ3) is 3.03. The van der Waals surface area contributed by atoms with Gasteiger partial charge in [0, 0.05) is 22.7 Å². The zero-order chi connectivity index (χ0) is 14.9. The molecule has 0 aromatic heterocycles. The van der Waals surface area contributed by atoms with Crippen molar-refractivity contribution in [1.29, 1.82) is 0 Å². The fourth-order valence-corrected chi connectivity index (χ4v) is 4.44. The molecule has 1 aromatic rings. The quantitative estimate of drug-likeness (QED) is 0.726. The van der Waals surface area contributed by atoms with Gasteiger partial charge in [-0.2, -0.15) is 0 Å². The molecule has 20 heavy (non-hydrogen) atoms. The molecule has 1 heterocycles. The number of amides is 1. The topological polar surface area (TPSA) is 101 Å². The van der Waals surface area contributed by atoms with E-state index in [2.05, 4.69) is 26.0 Å². The van der Waals surface area contributed by atoms with Gasteiger partial charge in [-0.25, -0.2) is 13.1 Å². The molecule has 110 valence electrons. The molecule has 0 spiro atoms. The summed E-state index contributed by atoms with van der Waals surface area (Å²) < 4.78 is 27.7. The molecule has 4 N–H and O–H groups in total. The maximum Gasteiger partial charge on any atom is 0.241 e. The second-order valence-electron chi connectivity index (χ2n) is 4.63. The summed E-state index contributed by atoms with van der Waals surface area (Å²) >= 11 is 3.24. The van der Waals surface area contributed by atoms with Crippen LogP contribution in [0.1, 0.15) is 18.9 Å². The predicted molar refractivity (Wildman–Crippen MR) is 79.9 cm³/mol. The summed E-state index contributed by atoms with van der Waals surface area (Å²) in [6.45, 7) is 2.10. The summed E-state index contributed by atoms with van der Waals surface area (Å²) in [5.74, 6) is -0.136. The van der Waals surface area contributed by atoms with Gasteiger partial charge in [0.2, 0.25) is 15.9 Å². The van der Waals surface area contributed by atoms with Crippen molar-refractivity contribution in [3.05, 3.63) is 22.2 Å². The molecule has 1 unspecified atom stereocenters. The van der Waals surface area contributed by atoms with E-state index in [1.54, 1.807) is 6.07 Å². The van der Waals surface area contributed by atoms with E-state index in [9.17, 15) is 13.2 Å². The summed E-state index contributed by atoms with van der Waals surface area (Å²) in [5, 5.41) is 2.68. The number of rotatable bonds is 5. The lowest BCUT2D eigenvalue weighted by atomic mass is 10.2. The lowest BCUT2D eigenvalue weighted by Crippen LogP contribution is -2.39. The van der Waals surface area contributed by atoms with E-state index in [1.807, 2.05) is 6.92 Å². The Kier molecular flexibility index (Phi) is 4.48. The molecule has 1 atom stereocenters. The molecule has 1 aliphatic rings. The second kappa shape index (κ2) is 5.80. The van der Waals surface area contributed by atoms with E-state index in [-0.39, 0.29) is 29.8 Å². The van der Waals surface area contributed by atoms with Crippen molar-refractivity contribution in [2.45, 2.75) is 30.7 Å². The first-order valence-corrected chi connectivity index (χ1v) is 8.49. The molecule has 2 rings (SSSR count). The van der Waals surface area contributed by atoms with Crippen LogP contribution < -0.4 is 15.8 Å². The summed E-state index contributed by atoms with van der Waals surface area (Å²) in [7, 11) is -3.67. The van der Waals surface area contributed by atoms with E-state index in [0.29, 0.717) is 22.1 Å². The molecule has 0 saturated carbocycles. The number of hydrogen-bond donors (Lipinski definition) is 3. The van der Waals surface area contributed by atoms with Gasteiger partial charge in [0.05, 0.1) is 11.3 Å². The van der Waals surface area contributed by atoms with Crippen molar-refractivity contribution in [2.75, 3.05) is 11.9 Å². The molecular formula is C12H16BrN3O3S. The van der Waals surface area contributed by atoms with Crippen LogP contribution in [0, 0.1) is 0 Å². The third-order valence-corrected chi connectivity index (χ3v) is 5.65. The first kappa shape index (κ1) is 15.4. The van der Waals surface area contributed by atoms with Gasteiger partial charge in [0.25, 0.3) is 0 Å². The van der Waals surface area contributed by atoms with Crippen LogP contribution in [0.15, 0.2) is 21.5 Å². The van der Waals surface area contributed by atoms with E-state index in [1.165, 1.54) is 6.07 Å². The molecule has 0 saturated heterocycles. The van der Waals surface area contributed by atoms with Gasteiger partial charge >= 0.3 is 0 Å². The average molecular weight is 362 g/mol. The number of sulfonamides is 1. The predicted octanol–water partition coefficient (Wildman–Crippen LogP) is 0.959. The van der Waals surface area contributed by atoms with Gasteiger partial charge < -0.3 is 11.1 Å². The Morgan fingerprint density at radius 2 is 2.20 bits per heavy atom. The standard InChI is InChI=1S/C12H16BrN3O3S/c1-2-8(6-14)16-20(18,19)11-3-7-4-12(17)15-10(7)5-9(11)13/h3,5,8,16H,2,4,6,14H2,1H3,(H,15,17). The van der Waals surface area contributed by atoms with Crippen LogP contribution in [0.3, 0.4) is 0 Å². The first-order valence-electron chi connectivity index (χ1n) is 6.22. The van der Waals surface area contributed by atoms with Crippen molar-refractivity contribution >= 4 is 37.5 Å². The lowest BCUT2D eigenvalue weighted by Gasteiger charge is -2.16. The minimum absolute atomic E-state index is 0.125. The molecule has 6 nitrogen and oxygen atoms in total. The maximum absolute atomic E-state index is 12.4. The van der Waals surface area contributed by atoms with Crippen LogP contribution in [-0.4, -0.2) is 26.9 Å². The highest BCUT2D eigenvalue weighted by Crippen LogP contribution is 2.32. The van der Waals surface area contributed by atoms with Crippen LogP contribution in [0.2, 0.25) is 0 Å². The number of carbonyl (C=O) groups is 1. The van der Waals surface area contributed by atoms with Gasteiger partial charge in [0.1, 0.15) is 0 Å². The number of hydrogen-bond acceptors (Lipinski definition) is 4. The van der Waals surface area contributed by atoms with E-state index < -0.39 is 10.0 Å². The normalized spacial score (nSPS) is 15.8. The molecule has 0 fully saturated rings. The largest absolute Gasteiger partial charge is 0.329 e. The monoisotopic (exact) mass is 361 g/mol. The highest BCUT2D eigenvalue weighted by atomic mass is 79.9. The molecule has 0 bridgehead atoms. The highest BCUT2D eigenvalue weighted by molar-refractivity contribution is 9.10. The van der Waals surface area contributed by atoms with Crippen LogP contribution in [0.4, 0.5) is 5.69 Å². The molecule has 1 aromatic carbocycles. The van der Waals surface area contributed by atoms with Gasteiger partial charge in [0.15, 0.2) is 0 Å². The third-order valence-electron chi connectivity index (χ3n) is 3.17. The summed E-state index contributed by atoms with van der Waals surface area (Å²) in [6.07, 6.45) is 0.803. The summed E-state index contributed by atoms with van der Waals surface area (Å²) in [4.78, 5) is 11.5. The molecule has 8 heteroatoms. The summed E-state index contributed by atoms with van der Waals surface area (Å²) in [6, 6.07) is 2.82. The number of fused-ring (bicyclic) bond motifs is 1.